The lowest BCUT2D eigenvalue weighted by atomic mass is 9.86. The van der Waals surface area contributed by atoms with E-state index >= 15 is 0 Å². The van der Waals surface area contributed by atoms with Crippen molar-refractivity contribution in [2.24, 2.45) is 5.41 Å². The summed E-state index contributed by atoms with van der Waals surface area (Å²) >= 11 is 3.37. The number of hydrogen-bond acceptors (Lipinski definition) is 5. The highest BCUT2D eigenvalue weighted by Crippen LogP contribution is 2.32. The molecular formula is C21H22BrN3O3. The highest BCUT2D eigenvalue weighted by molar-refractivity contribution is 9.10. The molecule has 7 heteroatoms. The molecule has 0 saturated heterocycles. The molecule has 1 amide bonds. The standard InChI is InChI=1S/C21H22BrN3O3/c1-21(2,3)18(20-24-19(25-28-20)14-7-5-4-6-8-14)23-17(26)13-27-16-11-9-15(22)10-12-16/h4-12,18H,13H2,1-3H3,(H,23,26)/t18-/m0/s1. The number of amides is 1. The predicted molar refractivity (Wildman–Crippen MR) is 110 cm³/mol. The van der Waals surface area contributed by atoms with Crippen LogP contribution in [-0.2, 0) is 4.79 Å². The summed E-state index contributed by atoms with van der Waals surface area (Å²) in [6.45, 7) is 5.90. The first-order valence-corrected chi connectivity index (χ1v) is 9.69. The Hall–Kier alpha value is -2.67. The Kier molecular flexibility index (Phi) is 6.14. The SMILES string of the molecule is CC(C)(C)[C@@H](NC(=O)COc1ccc(Br)cc1)c1nc(-c2ccccc2)no1. The number of nitrogens with zero attached hydrogens (tertiary/aromatic N) is 2. The first-order valence-electron chi connectivity index (χ1n) is 8.90. The summed E-state index contributed by atoms with van der Waals surface area (Å²) in [6, 6.07) is 16.4. The van der Waals surface area contributed by atoms with Gasteiger partial charge < -0.3 is 14.6 Å². The minimum Gasteiger partial charge on any atom is -0.484 e. The number of rotatable bonds is 6. The van der Waals surface area contributed by atoms with Gasteiger partial charge in [0.05, 0.1) is 0 Å². The zero-order valence-corrected chi connectivity index (χ0v) is 17.6. The van der Waals surface area contributed by atoms with Gasteiger partial charge in [-0.1, -0.05) is 72.2 Å². The van der Waals surface area contributed by atoms with Gasteiger partial charge in [-0.15, -0.1) is 0 Å². The molecule has 3 aromatic rings. The largest absolute Gasteiger partial charge is 0.484 e. The van der Waals surface area contributed by atoms with E-state index in [1.54, 1.807) is 12.1 Å². The Balaban J connectivity index is 1.70. The Labute approximate surface area is 172 Å². The number of carbonyl (C=O) groups excluding carboxylic acids is 1. The Morgan fingerprint density at radius 2 is 1.82 bits per heavy atom. The van der Waals surface area contributed by atoms with Crippen molar-refractivity contribution in [3.63, 3.8) is 0 Å². The highest BCUT2D eigenvalue weighted by Gasteiger charge is 2.33. The van der Waals surface area contributed by atoms with E-state index in [2.05, 4.69) is 31.4 Å². The average Bonchev–Trinajstić information content (AvgIpc) is 3.15. The molecule has 6 nitrogen and oxygen atoms in total. The normalized spacial score (nSPS) is 12.4. The fraction of sp³-hybridized carbons (Fsp3) is 0.286. The monoisotopic (exact) mass is 443 g/mol. The molecule has 0 bridgehead atoms. The molecule has 1 aromatic heterocycles. The number of aromatic nitrogens is 2. The minimum absolute atomic E-state index is 0.103. The number of carbonyl (C=O) groups is 1. The van der Waals surface area contributed by atoms with Crippen LogP contribution in [0.25, 0.3) is 11.4 Å². The molecule has 146 valence electrons. The van der Waals surface area contributed by atoms with Crippen molar-refractivity contribution < 1.29 is 14.1 Å². The molecule has 1 N–H and O–H groups in total. The van der Waals surface area contributed by atoms with E-state index in [0.717, 1.165) is 10.0 Å². The quantitative estimate of drug-likeness (QED) is 0.592. The van der Waals surface area contributed by atoms with Gasteiger partial charge in [-0.05, 0) is 29.7 Å². The molecule has 0 radical (unpaired) electrons. The van der Waals surface area contributed by atoms with Crippen molar-refractivity contribution in [1.82, 2.24) is 15.5 Å². The summed E-state index contributed by atoms with van der Waals surface area (Å²) in [4.78, 5) is 16.9. The fourth-order valence-corrected chi connectivity index (χ4v) is 2.85. The average molecular weight is 444 g/mol. The van der Waals surface area contributed by atoms with Crippen LogP contribution in [0.4, 0.5) is 0 Å². The second-order valence-electron chi connectivity index (χ2n) is 7.43. The minimum atomic E-state index is -0.446. The maximum atomic E-state index is 12.5. The molecule has 0 saturated carbocycles. The summed E-state index contributed by atoms with van der Waals surface area (Å²) in [5.41, 5.74) is 0.531. The summed E-state index contributed by atoms with van der Waals surface area (Å²) in [5, 5.41) is 7.01. The lowest BCUT2D eigenvalue weighted by molar-refractivity contribution is -0.124. The molecule has 0 unspecified atom stereocenters. The number of benzene rings is 2. The Morgan fingerprint density at radius 3 is 2.46 bits per heavy atom. The molecule has 0 spiro atoms. The van der Waals surface area contributed by atoms with E-state index in [0.29, 0.717) is 17.5 Å². The second kappa shape index (κ2) is 8.56. The van der Waals surface area contributed by atoms with Crippen molar-refractivity contribution in [2.75, 3.05) is 6.61 Å². The van der Waals surface area contributed by atoms with Crippen LogP contribution >= 0.6 is 15.9 Å². The third kappa shape index (κ3) is 5.19. The molecule has 0 fully saturated rings. The third-order valence-electron chi connectivity index (χ3n) is 4.08. The smallest absolute Gasteiger partial charge is 0.258 e. The van der Waals surface area contributed by atoms with Crippen molar-refractivity contribution in [3.8, 4) is 17.1 Å². The van der Waals surface area contributed by atoms with Gasteiger partial charge >= 0.3 is 0 Å². The third-order valence-corrected chi connectivity index (χ3v) is 4.60. The molecule has 28 heavy (non-hydrogen) atoms. The molecule has 1 heterocycles. The van der Waals surface area contributed by atoms with Crippen molar-refractivity contribution >= 4 is 21.8 Å². The van der Waals surface area contributed by atoms with E-state index < -0.39 is 6.04 Å². The first-order chi connectivity index (χ1) is 13.3. The van der Waals surface area contributed by atoms with E-state index in [1.165, 1.54) is 0 Å². The van der Waals surface area contributed by atoms with E-state index in [-0.39, 0.29) is 17.9 Å². The molecule has 1 atom stereocenters. The summed E-state index contributed by atoms with van der Waals surface area (Å²) in [7, 11) is 0. The number of hydrogen-bond donors (Lipinski definition) is 1. The Bertz CT molecular complexity index is 918. The summed E-state index contributed by atoms with van der Waals surface area (Å²) in [5.74, 6) is 1.21. The lowest BCUT2D eigenvalue weighted by Crippen LogP contribution is -2.39. The topological polar surface area (TPSA) is 77.2 Å². The van der Waals surface area contributed by atoms with Gasteiger partial charge in [-0.25, -0.2) is 0 Å². The van der Waals surface area contributed by atoms with Crippen LogP contribution in [0, 0.1) is 5.41 Å². The van der Waals surface area contributed by atoms with Crippen LogP contribution in [0.1, 0.15) is 32.7 Å². The van der Waals surface area contributed by atoms with Crippen LogP contribution in [0.3, 0.4) is 0 Å². The van der Waals surface area contributed by atoms with Gasteiger partial charge in [-0.3, -0.25) is 4.79 Å². The van der Waals surface area contributed by atoms with Gasteiger partial charge in [0.2, 0.25) is 11.7 Å². The zero-order valence-electron chi connectivity index (χ0n) is 16.0. The van der Waals surface area contributed by atoms with Crippen molar-refractivity contribution in [2.45, 2.75) is 26.8 Å². The summed E-state index contributed by atoms with van der Waals surface area (Å²) < 4.78 is 12.0. The number of ether oxygens (including phenoxy) is 1. The fourth-order valence-electron chi connectivity index (χ4n) is 2.59. The van der Waals surface area contributed by atoms with Gasteiger partial charge in [0, 0.05) is 10.0 Å². The van der Waals surface area contributed by atoms with Crippen molar-refractivity contribution in [1.29, 1.82) is 0 Å². The molecule has 3 rings (SSSR count). The maximum Gasteiger partial charge on any atom is 0.258 e. The van der Waals surface area contributed by atoms with E-state index in [4.69, 9.17) is 9.26 Å². The zero-order chi connectivity index (χ0) is 20.1. The number of halogens is 1. The van der Waals surface area contributed by atoms with Crippen LogP contribution < -0.4 is 10.1 Å². The van der Waals surface area contributed by atoms with Gasteiger partial charge in [0.15, 0.2) is 6.61 Å². The van der Waals surface area contributed by atoms with E-state index in [9.17, 15) is 4.79 Å². The van der Waals surface area contributed by atoms with Crippen molar-refractivity contribution in [3.05, 3.63) is 65.0 Å². The van der Waals surface area contributed by atoms with Crippen LogP contribution in [-0.4, -0.2) is 22.7 Å². The van der Waals surface area contributed by atoms with Gasteiger partial charge in [0.1, 0.15) is 11.8 Å². The summed E-state index contributed by atoms with van der Waals surface area (Å²) in [6.07, 6.45) is 0. The second-order valence-corrected chi connectivity index (χ2v) is 8.35. The molecule has 2 aromatic carbocycles. The molecule has 0 aliphatic rings. The van der Waals surface area contributed by atoms with Gasteiger partial charge in [-0.2, -0.15) is 4.98 Å². The first kappa shape index (κ1) is 20.1. The van der Waals surface area contributed by atoms with Crippen LogP contribution in [0.2, 0.25) is 0 Å². The maximum absolute atomic E-state index is 12.5. The molecule has 0 aliphatic carbocycles. The molecule has 0 aliphatic heterocycles. The highest BCUT2D eigenvalue weighted by atomic mass is 79.9. The predicted octanol–water partition coefficient (Wildman–Crippen LogP) is 4.78. The van der Waals surface area contributed by atoms with Crippen LogP contribution in [0.5, 0.6) is 5.75 Å². The number of nitrogens with one attached hydrogen (secondary N) is 1. The molecular weight excluding hydrogens is 422 g/mol. The lowest BCUT2D eigenvalue weighted by Gasteiger charge is -2.28. The van der Waals surface area contributed by atoms with Crippen LogP contribution in [0.15, 0.2) is 63.6 Å². The Morgan fingerprint density at radius 1 is 1.14 bits per heavy atom. The van der Waals surface area contributed by atoms with E-state index in [1.807, 2.05) is 63.2 Å². The van der Waals surface area contributed by atoms with Gasteiger partial charge in [0.25, 0.3) is 5.91 Å².